The molecule has 0 heterocycles. The van der Waals surface area contributed by atoms with Gasteiger partial charge in [-0.3, -0.25) is 4.79 Å². The van der Waals surface area contributed by atoms with Gasteiger partial charge in [0.1, 0.15) is 5.75 Å². The van der Waals surface area contributed by atoms with Gasteiger partial charge in [-0.05, 0) is 49.6 Å². The molecule has 2 aromatic rings. The first-order chi connectivity index (χ1) is 13.1. The summed E-state index contributed by atoms with van der Waals surface area (Å²) in [6, 6.07) is 16.6. The molecule has 0 bridgehead atoms. The van der Waals surface area contributed by atoms with Crippen molar-refractivity contribution in [3.8, 4) is 5.75 Å². The number of alkyl halides is 1. The minimum atomic E-state index is -0.600. The number of benzene rings is 2. The quantitative estimate of drug-likeness (QED) is 0.321. The predicted molar refractivity (Wildman–Crippen MR) is 110 cm³/mol. The maximum Gasteiger partial charge on any atom is 0.164 e. The molecule has 2 unspecified atom stereocenters. The van der Waals surface area contributed by atoms with Crippen molar-refractivity contribution in [2.45, 2.75) is 38.3 Å². The SMILES string of the molecule is CC(NCCC(=O)c1ccc(OCCCCCl)cc1)C(O)c1ccccc1. The third kappa shape index (κ3) is 7.33. The van der Waals surface area contributed by atoms with E-state index >= 15 is 0 Å². The van der Waals surface area contributed by atoms with E-state index in [1.54, 1.807) is 12.1 Å². The summed E-state index contributed by atoms with van der Waals surface area (Å²) in [5, 5.41) is 13.6. The maximum atomic E-state index is 12.3. The van der Waals surface area contributed by atoms with Gasteiger partial charge in [-0.1, -0.05) is 30.3 Å². The van der Waals surface area contributed by atoms with Crippen LogP contribution in [0.5, 0.6) is 5.75 Å². The molecular weight excluding hydrogens is 362 g/mol. The molecule has 0 amide bonds. The summed E-state index contributed by atoms with van der Waals surface area (Å²) in [6.45, 7) is 3.06. The Morgan fingerprint density at radius 2 is 1.81 bits per heavy atom. The number of Topliss-reactive ketones (excluding diaryl/α,β-unsaturated/α-hetero) is 1. The minimum Gasteiger partial charge on any atom is -0.494 e. The Bertz CT molecular complexity index is 676. The minimum absolute atomic E-state index is 0.0672. The molecule has 0 saturated carbocycles. The molecule has 0 aliphatic rings. The molecular formula is C22H28ClNO3. The van der Waals surface area contributed by atoms with Gasteiger partial charge in [-0.2, -0.15) is 0 Å². The number of nitrogens with one attached hydrogen (secondary N) is 1. The molecule has 0 aromatic heterocycles. The van der Waals surface area contributed by atoms with Gasteiger partial charge in [0, 0.05) is 30.5 Å². The highest BCUT2D eigenvalue weighted by atomic mass is 35.5. The number of halogens is 1. The second kappa shape index (κ2) is 11.8. The van der Waals surface area contributed by atoms with Gasteiger partial charge in [0.25, 0.3) is 0 Å². The van der Waals surface area contributed by atoms with Gasteiger partial charge in [0.2, 0.25) is 0 Å². The van der Waals surface area contributed by atoms with E-state index in [4.69, 9.17) is 16.3 Å². The molecule has 0 radical (unpaired) electrons. The normalized spacial score (nSPS) is 13.1. The van der Waals surface area contributed by atoms with Crippen molar-refractivity contribution >= 4 is 17.4 Å². The smallest absolute Gasteiger partial charge is 0.164 e. The molecule has 146 valence electrons. The van der Waals surface area contributed by atoms with Crippen LogP contribution >= 0.6 is 11.6 Å². The number of ketones is 1. The number of aliphatic hydroxyl groups excluding tert-OH is 1. The lowest BCUT2D eigenvalue weighted by molar-refractivity contribution is 0.0972. The van der Waals surface area contributed by atoms with Crippen LogP contribution in [-0.2, 0) is 0 Å². The van der Waals surface area contributed by atoms with Gasteiger partial charge < -0.3 is 15.2 Å². The van der Waals surface area contributed by atoms with Crippen LogP contribution < -0.4 is 10.1 Å². The molecule has 0 aliphatic heterocycles. The first kappa shape index (κ1) is 21.4. The van der Waals surface area contributed by atoms with E-state index in [1.165, 1.54) is 0 Å². The van der Waals surface area contributed by atoms with E-state index in [-0.39, 0.29) is 11.8 Å². The van der Waals surface area contributed by atoms with Crippen LogP contribution in [0, 0.1) is 0 Å². The molecule has 27 heavy (non-hydrogen) atoms. The number of aliphatic hydroxyl groups is 1. The number of hydrogen-bond acceptors (Lipinski definition) is 4. The zero-order chi connectivity index (χ0) is 19.5. The van der Waals surface area contributed by atoms with E-state index in [1.807, 2.05) is 49.4 Å². The van der Waals surface area contributed by atoms with Crippen molar-refractivity contribution in [3.05, 3.63) is 65.7 Å². The Morgan fingerprint density at radius 3 is 2.48 bits per heavy atom. The van der Waals surface area contributed by atoms with Crippen LogP contribution in [0.4, 0.5) is 0 Å². The molecule has 2 aromatic carbocycles. The second-order valence-corrected chi connectivity index (χ2v) is 6.92. The molecule has 5 heteroatoms. The molecule has 0 saturated heterocycles. The Labute approximate surface area is 166 Å². The zero-order valence-corrected chi connectivity index (χ0v) is 16.5. The predicted octanol–water partition coefficient (Wildman–Crippen LogP) is 4.37. The summed E-state index contributed by atoms with van der Waals surface area (Å²) in [7, 11) is 0. The molecule has 0 fully saturated rings. The second-order valence-electron chi connectivity index (χ2n) is 6.54. The Hall–Kier alpha value is -1.88. The van der Waals surface area contributed by atoms with E-state index in [0.717, 1.165) is 24.2 Å². The summed E-state index contributed by atoms with van der Waals surface area (Å²) >= 11 is 5.64. The first-order valence-electron chi connectivity index (χ1n) is 9.40. The number of unbranched alkanes of at least 4 members (excludes halogenated alkanes) is 1. The standard InChI is InChI=1S/C22H28ClNO3/c1-17(22(26)19-7-3-2-4-8-19)24-15-13-21(25)18-9-11-20(12-10-18)27-16-6-5-14-23/h2-4,7-12,17,22,24,26H,5-6,13-16H2,1H3. The fraction of sp³-hybridized carbons (Fsp3) is 0.409. The number of ether oxygens (including phenoxy) is 1. The first-order valence-corrected chi connectivity index (χ1v) is 9.93. The molecule has 0 spiro atoms. The average molecular weight is 390 g/mol. The summed E-state index contributed by atoms with van der Waals surface area (Å²) in [5.41, 5.74) is 1.53. The van der Waals surface area contributed by atoms with Crippen molar-refractivity contribution in [2.24, 2.45) is 0 Å². The zero-order valence-electron chi connectivity index (χ0n) is 15.7. The average Bonchev–Trinajstić information content (AvgIpc) is 2.71. The van der Waals surface area contributed by atoms with Crippen LogP contribution in [0.2, 0.25) is 0 Å². The highest BCUT2D eigenvalue weighted by Crippen LogP contribution is 2.17. The highest BCUT2D eigenvalue weighted by Gasteiger charge is 2.16. The monoisotopic (exact) mass is 389 g/mol. The van der Waals surface area contributed by atoms with Crippen LogP contribution in [0.3, 0.4) is 0 Å². The van der Waals surface area contributed by atoms with Crippen molar-refractivity contribution in [2.75, 3.05) is 19.0 Å². The summed E-state index contributed by atoms with van der Waals surface area (Å²) in [6.07, 6.45) is 1.63. The van der Waals surface area contributed by atoms with Crippen LogP contribution in [0.25, 0.3) is 0 Å². The van der Waals surface area contributed by atoms with Crippen LogP contribution in [0.15, 0.2) is 54.6 Å². The number of carbonyl (C=O) groups is 1. The van der Waals surface area contributed by atoms with Crippen LogP contribution in [0.1, 0.15) is 48.2 Å². The van der Waals surface area contributed by atoms with E-state index < -0.39 is 6.10 Å². The number of carbonyl (C=O) groups excluding carboxylic acids is 1. The van der Waals surface area contributed by atoms with E-state index in [0.29, 0.717) is 31.0 Å². The van der Waals surface area contributed by atoms with Crippen molar-refractivity contribution in [1.82, 2.24) is 5.32 Å². The summed E-state index contributed by atoms with van der Waals surface area (Å²) in [5.74, 6) is 1.47. The van der Waals surface area contributed by atoms with Crippen molar-refractivity contribution in [1.29, 1.82) is 0 Å². The van der Waals surface area contributed by atoms with Gasteiger partial charge in [-0.25, -0.2) is 0 Å². The number of hydrogen-bond donors (Lipinski definition) is 2. The highest BCUT2D eigenvalue weighted by molar-refractivity contribution is 6.17. The fourth-order valence-corrected chi connectivity index (χ4v) is 2.92. The largest absolute Gasteiger partial charge is 0.494 e. The van der Waals surface area contributed by atoms with Crippen LogP contribution in [-0.4, -0.2) is 36.0 Å². The molecule has 4 nitrogen and oxygen atoms in total. The summed E-state index contributed by atoms with van der Waals surface area (Å²) < 4.78 is 5.61. The van der Waals surface area contributed by atoms with Gasteiger partial charge in [0.15, 0.2) is 5.78 Å². The molecule has 2 atom stereocenters. The Morgan fingerprint density at radius 1 is 1.11 bits per heavy atom. The molecule has 2 rings (SSSR count). The Kier molecular flexibility index (Phi) is 9.32. The lowest BCUT2D eigenvalue weighted by atomic mass is 10.0. The topological polar surface area (TPSA) is 58.6 Å². The van der Waals surface area contributed by atoms with Gasteiger partial charge >= 0.3 is 0 Å². The van der Waals surface area contributed by atoms with Gasteiger partial charge in [0.05, 0.1) is 12.7 Å². The third-order valence-corrected chi connectivity index (χ3v) is 4.67. The molecule has 0 aliphatic carbocycles. The Balaban J connectivity index is 1.73. The van der Waals surface area contributed by atoms with Crippen molar-refractivity contribution < 1.29 is 14.6 Å². The van der Waals surface area contributed by atoms with E-state index in [9.17, 15) is 9.90 Å². The number of rotatable bonds is 12. The fourth-order valence-electron chi connectivity index (χ4n) is 2.73. The molecule has 2 N–H and O–H groups in total. The summed E-state index contributed by atoms with van der Waals surface area (Å²) in [4.78, 5) is 12.3. The van der Waals surface area contributed by atoms with E-state index in [2.05, 4.69) is 5.32 Å². The lowest BCUT2D eigenvalue weighted by Crippen LogP contribution is -2.33. The van der Waals surface area contributed by atoms with Crippen molar-refractivity contribution in [3.63, 3.8) is 0 Å². The maximum absolute atomic E-state index is 12.3. The lowest BCUT2D eigenvalue weighted by Gasteiger charge is -2.20. The van der Waals surface area contributed by atoms with Gasteiger partial charge in [-0.15, -0.1) is 11.6 Å². The third-order valence-electron chi connectivity index (χ3n) is 4.41.